The lowest BCUT2D eigenvalue weighted by molar-refractivity contribution is -0.120. The van der Waals surface area contributed by atoms with Gasteiger partial charge in [-0.25, -0.2) is 4.98 Å². The van der Waals surface area contributed by atoms with E-state index in [2.05, 4.69) is 16.4 Å². The van der Waals surface area contributed by atoms with Crippen LogP contribution in [0.1, 0.15) is 49.5 Å². The number of hydrogen-bond donors (Lipinski definition) is 1. The molecule has 6 nitrogen and oxygen atoms in total. The van der Waals surface area contributed by atoms with E-state index < -0.39 is 5.54 Å². The fraction of sp³-hybridized carbons (Fsp3) is 0.579. The van der Waals surface area contributed by atoms with Crippen LogP contribution in [0.25, 0.3) is 10.2 Å². The highest BCUT2D eigenvalue weighted by Crippen LogP contribution is 2.29. The van der Waals surface area contributed by atoms with Crippen LogP contribution in [0.5, 0.6) is 0 Å². The predicted molar refractivity (Wildman–Crippen MR) is 109 cm³/mol. The van der Waals surface area contributed by atoms with Crippen LogP contribution >= 0.6 is 23.1 Å². The number of nitrogens with one attached hydrogen (secondary N) is 1. The van der Waals surface area contributed by atoms with Crippen molar-refractivity contribution in [3.63, 3.8) is 0 Å². The second-order valence-corrected chi connectivity index (χ2v) is 9.14. The van der Waals surface area contributed by atoms with Crippen molar-refractivity contribution in [3.8, 4) is 6.07 Å². The second-order valence-electron chi connectivity index (χ2n) is 7.00. The zero-order valence-electron chi connectivity index (χ0n) is 15.9. The van der Waals surface area contributed by atoms with Gasteiger partial charge in [0, 0.05) is 11.4 Å². The zero-order valence-corrected chi connectivity index (χ0v) is 17.6. The molecule has 1 aliphatic rings. The number of carbonyl (C=O) groups is 1. The number of carbonyl (C=O) groups excluding carboxylic acids is 1. The number of aryl methyl sites for hydroxylation is 2. The van der Waals surface area contributed by atoms with Gasteiger partial charge in [0.05, 0.1) is 17.2 Å². The standard InChI is InChI=1S/C19H24N4O2S2/c1-4-23-17(25)15-12(2)13(3)27-16(15)21-18(23)26-10-14(24)22-19(11-20)8-6-5-7-9-19/h4-10H2,1-3H3,(H,22,24). The molecular weight excluding hydrogens is 380 g/mol. The first kappa shape index (κ1) is 19.9. The Balaban J connectivity index is 1.79. The minimum Gasteiger partial charge on any atom is -0.337 e. The number of nitrogens with zero attached hydrogens (tertiary/aromatic N) is 3. The monoisotopic (exact) mass is 404 g/mol. The normalized spacial score (nSPS) is 16.2. The summed E-state index contributed by atoms with van der Waals surface area (Å²) in [6.07, 6.45) is 4.45. The Morgan fingerprint density at radius 1 is 1.37 bits per heavy atom. The summed E-state index contributed by atoms with van der Waals surface area (Å²) in [4.78, 5) is 31.8. The molecule has 0 radical (unpaired) electrons. The van der Waals surface area contributed by atoms with Gasteiger partial charge in [-0.2, -0.15) is 5.26 Å². The molecule has 0 spiro atoms. The van der Waals surface area contributed by atoms with Crippen molar-refractivity contribution in [1.82, 2.24) is 14.9 Å². The Labute approximate surface area is 167 Å². The van der Waals surface area contributed by atoms with Gasteiger partial charge >= 0.3 is 0 Å². The van der Waals surface area contributed by atoms with Crippen LogP contribution in [0.3, 0.4) is 0 Å². The molecule has 0 unspecified atom stereocenters. The number of thioether (sulfide) groups is 1. The summed E-state index contributed by atoms with van der Waals surface area (Å²) in [5, 5.41) is 13.7. The molecule has 3 rings (SSSR count). The zero-order chi connectivity index (χ0) is 19.6. The van der Waals surface area contributed by atoms with Crippen molar-refractivity contribution >= 4 is 39.2 Å². The van der Waals surface area contributed by atoms with Crippen molar-refractivity contribution in [3.05, 3.63) is 20.8 Å². The third-order valence-electron chi connectivity index (χ3n) is 5.20. The van der Waals surface area contributed by atoms with Gasteiger partial charge in [-0.05, 0) is 39.2 Å². The van der Waals surface area contributed by atoms with Gasteiger partial charge in [0.2, 0.25) is 5.91 Å². The molecule has 1 N–H and O–H groups in total. The Morgan fingerprint density at radius 3 is 2.70 bits per heavy atom. The van der Waals surface area contributed by atoms with Gasteiger partial charge in [0.15, 0.2) is 5.16 Å². The van der Waals surface area contributed by atoms with Crippen molar-refractivity contribution in [2.24, 2.45) is 0 Å². The van der Waals surface area contributed by atoms with E-state index in [9.17, 15) is 14.9 Å². The number of rotatable bonds is 5. The van der Waals surface area contributed by atoms with Gasteiger partial charge in [0.1, 0.15) is 10.4 Å². The number of nitriles is 1. The third-order valence-corrected chi connectivity index (χ3v) is 7.28. The molecule has 0 aromatic carbocycles. The summed E-state index contributed by atoms with van der Waals surface area (Å²) < 4.78 is 1.63. The fourth-order valence-electron chi connectivity index (χ4n) is 3.55. The maximum absolute atomic E-state index is 12.8. The first-order valence-electron chi connectivity index (χ1n) is 9.26. The van der Waals surface area contributed by atoms with E-state index in [0.717, 1.165) is 34.5 Å². The summed E-state index contributed by atoms with van der Waals surface area (Å²) in [7, 11) is 0. The minimum absolute atomic E-state index is 0.0481. The molecule has 8 heteroatoms. The lowest BCUT2D eigenvalue weighted by Crippen LogP contribution is -2.49. The van der Waals surface area contributed by atoms with Gasteiger partial charge in [0.25, 0.3) is 5.56 Å². The molecule has 1 saturated carbocycles. The number of thiophene rings is 1. The average molecular weight is 405 g/mol. The highest BCUT2D eigenvalue weighted by atomic mass is 32.2. The lowest BCUT2D eigenvalue weighted by atomic mass is 9.83. The maximum Gasteiger partial charge on any atom is 0.263 e. The maximum atomic E-state index is 12.8. The van der Waals surface area contributed by atoms with E-state index in [1.165, 1.54) is 23.1 Å². The highest BCUT2D eigenvalue weighted by molar-refractivity contribution is 7.99. The van der Waals surface area contributed by atoms with Gasteiger partial charge in [-0.1, -0.05) is 31.0 Å². The van der Waals surface area contributed by atoms with Crippen molar-refractivity contribution in [1.29, 1.82) is 5.26 Å². The molecule has 2 heterocycles. The van der Waals surface area contributed by atoms with E-state index in [4.69, 9.17) is 0 Å². The van der Waals surface area contributed by atoms with E-state index in [0.29, 0.717) is 29.9 Å². The number of amides is 1. The quantitative estimate of drug-likeness (QED) is 0.608. The third kappa shape index (κ3) is 3.90. The van der Waals surface area contributed by atoms with Gasteiger partial charge < -0.3 is 5.32 Å². The second kappa shape index (κ2) is 8.03. The number of hydrogen-bond acceptors (Lipinski definition) is 6. The fourth-order valence-corrected chi connectivity index (χ4v) is 5.48. The summed E-state index contributed by atoms with van der Waals surface area (Å²) in [5.74, 6) is -0.0379. The van der Waals surface area contributed by atoms with Crippen LogP contribution in [-0.4, -0.2) is 26.8 Å². The number of fused-ring (bicyclic) bond motifs is 1. The van der Waals surface area contributed by atoms with Crippen molar-refractivity contribution in [2.45, 2.75) is 70.1 Å². The van der Waals surface area contributed by atoms with Crippen molar-refractivity contribution in [2.75, 3.05) is 5.75 Å². The molecule has 0 atom stereocenters. The Hall–Kier alpha value is -1.85. The van der Waals surface area contributed by atoms with Gasteiger partial charge in [-0.15, -0.1) is 11.3 Å². The summed E-state index contributed by atoms with van der Waals surface area (Å²) in [6, 6.07) is 2.30. The van der Waals surface area contributed by atoms with E-state index in [1.807, 2.05) is 20.8 Å². The van der Waals surface area contributed by atoms with E-state index in [-0.39, 0.29) is 17.2 Å². The average Bonchev–Trinajstić information content (AvgIpc) is 2.95. The number of aromatic nitrogens is 2. The van der Waals surface area contributed by atoms with Crippen LogP contribution in [0, 0.1) is 25.2 Å². The largest absolute Gasteiger partial charge is 0.337 e. The topological polar surface area (TPSA) is 87.8 Å². The summed E-state index contributed by atoms with van der Waals surface area (Å²) >= 11 is 2.77. The summed E-state index contributed by atoms with van der Waals surface area (Å²) in [5.41, 5.74) is 0.199. The predicted octanol–water partition coefficient (Wildman–Crippen LogP) is 3.53. The van der Waals surface area contributed by atoms with Crippen LogP contribution in [0.4, 0.5) is 0 Å². The van der Waals surface area contributed by atoms with Crippen LogP contribution in [-0.2, 0) is 11.3 Å². The molecule has 0 bridgehead atoms. The molecule has 27 heavy (non-hydrogen) atoms. The molecule has 1 amide bonds. The Bertz CT molecular complexity index is 965. The molecular formula is C19H24N4O2S2. The molecule has 0 saturated heterocycles. The van der Waals surface area contributed by atoms with Gasteiger partial charge in [-0.3, -0.25) is 14.2 Å². The molecule has 1 aliphatic carbocycles. The highest BCUT2D eigenvalue weighted by Gasteiger charge is 2.33. The summed E-state index contributed by atoms with van der Waals surface area (Å²) in [6.45, 7) is 6.34. The minimum atomic E-state index is -0.736. The molecule has 0 aliphatic heterocycles. The van der Waals surface area contributed by atoms with E-state index in [1.54, 1.807) is 4.57 Å². The lowest BCUT2D eigenvalue weighted by Gasteiger charge is -2.31. The smallest absolute Gasteiger partial charge is 0.263 e. The Kier molecular flexibility index (Phi) is 5.92. The first-order valence-corrected chi connectivity index (χ1v) is 11.1. The van der Waals surface area contributed by atoms with Crippen LogP contribution in [0.2, 0.25) is 0 Å². The molecule has 1 fully saturated rings. The SMILES string of the molecule is CCn1c(SCC(=O)NC2(C#N)CCCCC2)nc2sc(C)c(C)c2c1=O. The van der Waals surface area contributed by atoms with Crippen LogP contribution < -0.4 is 10.9 Å². The Morgan fingerprint density at radius 2 is 2.07 bits per heavy atom. The van der Waals surface area contributed by atoms with E-state index >= 15 is 0 Å². The molecule has 2 aromatic rings. The van der Waals surface area contributed by atoms with Crippen molar-refractivity contribution < 1.29 is 4.79 Å². The first-order chi connectivity index (χ1) is 12.9. The van der Waals surface area contributed by atoms with Crippen LogP contribution in [0.15, 0.2) is 9.95 Å². The molecule has 2 aromatic heterocycles. The molecule has 144 valence electrons.